The molecule has 0 aromatic heterocycles. The highest BCUT2D eigenvalue weighted by Gasteiger charge is 2.57. The topological polar surface area (TPSA) is 37.3 Å². The van der Waals surface area contributed by atoms with E-state index >= 15 is 0 Å². The fourth-order valence-corrected chi connectivity index (χ4v) is 7.89. The first kappa shape index (κ1) is 19.4. The number of aliphatic hydroxyl groups excluding tert-OH is 1. The molecule has 0 spiro atoms. The molecule has 4 aliphatic rings. The number of allylic oxidation sites excluding steroid dienone is 4. The standard InChI is InChI=1S/C25H38O2/c1-16(12-15-26)18-7-8-19-17-6-9-21-23(2,3)22(27)11-14-25(21,5)20(17)10-13-24(18,19)4/h8,15-16,18,21-22,27H,6-7,9-14H2,1-5H3/t16-,18+,21?,22?,24+,25+/m0/s1. The van der Waals surface area contributed by atoms with Crippen LogP contribution in [0.15, 0.2) is 22.8 Å². The summed E-state index contributed by atoms with van der Waals surface area (Å²) < 4.78 is 0. The average Bonchev–Trinajstić information content (AvgIpc) is 2.96. The third-order valence-corrected chi connectivity index (χ3v) is 9.58. The maximum Gasteiger partial charge on any atom is 0.120 e. The highest BCUT2D eigenvalue weighted by molar-refractivity contribution is 5.52. The zero-order valence-corrected chi connectivity index (χ0v) is 18.0. The molecule has 1 N–H and O–H groups in total. The lowest BCUT2D eigenvalue weighted by atomic mass is 9.46. The van der Waals surface area contributed by atoms with E-state index in [-0.39, 0.29) is 22.3 Å². The summed E-state index contributed by atoms with van der Waals surface area (Å²) in [6.07, 6.45) is 12.2. The van der Waals surface area contributed by atoms with E-state index in [0.29, 0.717) is 24.2 Å². The quantitative estimate of drug-likeness (QED) is 0.633. The van der Waals surface area contributed by atoms with E-state index in [4.69, 9.17) is 0 Å². The van der Waals surface area contributed by atoms with E-state index < -0.39 is 0 Å². The van der Waals surface area contributed by atoms with Crippen molar-refractivity contribution in [2.24, 2.45) is 34.0 Å². The number of rotatable bonds is 3. The second kappa shape index (κ2) is 6.31. The summed E-state index contributed by atoms with van der Waals surface area (Å²) in [6.45, 7) is 11.8. The predicted octanol–water partition coefficient (Wildman–Crippen LogP) is 5.85. The third kappa shape index (κ3) is 2.58. The predicted molar refractivity (Wildman–Crippen MR) is 110 cm³/mol. The van der Waals surface area contributed by atoms with Crippen LogP contribution in [0.3, 0.4) is 0 Å². The molecule has 0 aliphatic heterocycles. The first-order valence-electron chi connectivity index (χ1n) is 11.2. The molecule has 4 aliphatic carbocycles. The van der Waals surface area contributed by atoms with Crippen LogP contribution in [0.5, 0.6) is 0 Å². The van der Waals surface area contributed by atoms with Gasteiger partial charge >= 0.3 is 0 Å². The normalized spacial score (nSPS) is 44.1. The van der Waals surface area contributed by atoms with Gasteiger partial charge in [-0.25, -0.2) is 0 Å². The van der Waals surface area contributed by atoms with Gasteiger partial charge in [0.25, 0.3) is 0 Å². The second-order valence-electron chi connectivity index (χ2n) is 11.1. The van der Waals surface area contributed by atoms with E-state index in [1.54, 1.807) is 16.7 Å². The molecule has 0 bridgehead atoms. The minimum Gasteiger partial charge on any atom is -0.393 e. The van der Waals surface area contributed by atoms with Crippen molar-refractivity contribution >= 4 is 6.29 Å². The zero-order chi connectivity index (χ0) is 19.6. The summed E-state index contributed by atoms with van der Waals surface area (Å²) in [7, 11) is 0. The van der Waals surface area contributed by atoms with Gasteiger partial charge in [0.15, 0.2) is 0 Å². The smallest absolute Gasteiger partial charge is 0.120 e. The fourth-order valence-electron chi connectivity index (χ4n) is 7.89. The lowest BCUT2D eigenvalue weighted by Crippen LogP contribution is -2.53. The van der Waals surface area contributed by atoms with Gasteiger partial charge in [-0.15, -0.1) is 0 Å². The van der Waals surface area contributed by atoms with Crippen LogP contribution in [0, 0.1) is 34.0 Å². The Kier molecular flexibility index (Phi) is 4.54. The molecule has 150 valence electrons. The van der Waals surface area contributed by atoms with Crippen LogP contribution in [-0.2, 0) is 4.79 Å². The number of aldehydes is 1. The molecule has 2 nitrogen and oxygen atoms in total. The highest BCUT2D eigenvalue weighted by Crippen LogP contribution is 2.66. The molecular weight excluding hydrogens is 332 g/mol. The summed E-state index contributed by atoms with van der Waals surface area (Å²) in [6, 6.07) is 0. The van der Waals surface area contributed by atoms with Crippen LogP contribution in [0.2, 0.25) is 0 Å². The Morgan fingerprint density at radius 3 is 2.59 bits per heavy atom. The van der Waals surface area contributed by atoms with E-state index in [2.05, 4.69) is 40.7 Å². The van der Waals surface area contributed by atoms with Crippen molar-refractivity contribution in [1.82, 2.24) is 0 Å². The first-order chi connectivity index (χ1) is 12.7. The van der Waals surface area contributed by atoms with E-state index in [1.165, 1.54) is 25.7 Å². The molecule has 0 heterocycles. The number of fused-ring (bicyclic) bond motifs is 4. The monoisotopic (exact) mass is 370 g/mol. The molecule has 1 saturated carbocycles. The lowest BCUT2D eigenvalue weighted by Gasteiger charge is -2.59. The van der Waals surface area contributed by atoms with Gasteiger partial charge in [-0.3, -0.25) is 0 Å². The number of hydrogen-bond donors (Lipinski definition) is 1. The van der Waals surface area contributed by atoms with Gasteiger partial charge in [0.2, 0.25) is 0 Å². The molecule has 4 rings (SSSR count). The molecule has 0 amide bonds. The SMILES string of the molecule is C[C@@H](CC=O)[C@H]1CC=C2C3=C(CC[C@@]21C)[C@@]1(C)CCC(O)C(C)(C)C1CC3. The molecule has 2 unspecified atom stereocenters. The van der Waals surface area contributed by atoms with Crippen LogP contribution in [0.4, 0.5) is 0 Å². The number of carbonyl (C=O) groups excluding carboxylic acids is 1. The van der Waals surface area contributed by atoms with E-state index in [0.717, 1.165) is 25.5 Å². The molecule has 0 aromatic rings. The number of carbonyl (C=O) groups is 1. The Morgan fingerprint density at radius 2 is 1.89 bits per heavy atom. The summed E-state index contributed by atoms with van der Waals surface area (Å²) in [4.78, 5) is 11.1. The molecular formula is C25H38O2. The highest BCUT2D eigenvalue weighted by atomic mass is 16.3. The Balaban J connectivity index is 1.71. The molecule has 0 aromatic carbocycles. The first-order valence-corrected chi connectivity index (χ1v) is 11.2. The van der Waals surface area contributed by atoms with E-state index in [1.807, 2.05) is 0 Å². The maximum atomic E-state index is 11.1. The minimum atomic E-state index is -0.161. The minimum absolute atomic E-state index is 0.0113. The zero-order valence-electron chi connectivity index (χ0n) is 18.0. The maximum absolute atomic E-state index is 11.1. The van der Waals surface area contributed by atoms with Gasteiger partial charge in [0, 0.05) is 6.42 Å². The number of hydrogen-bond acceptors (Lipinski definition) is 2. The van der Waals surface area contributed by atoms with Crippen LogP contribution < -0.4 is 0 Å². The summed E-state index contributed by atoms with van der Waals surface area (Å²) >= 11 is 0. The van der Waals surface area contributed by atoms with Gasteiger partial charge in [-0.1, -0.05) is 46.3 Å². The van der Waals surface area contributed by atoms with Gasteiger partial charge in [-0.05, 0) is 90.1 Å². The van der Waals surface area contributed by atoms with Gasteiger partial charge in [-0.2, -0.15) is 0 Å². The van der Waals surface area contributed by atoms with Crippen molar-refractivity contribution in [1.29, 1.82) is 0 Å². The van der Waals surface area contributed by atoms with Crippen LogP contribution in [0.1, 0.15) is 86.0 Å². The lowest BCUT2D eigenvalue weighted by molar-refractivity contribution is -0.109. The largest absolute Gasteiger partial charge is 0.393 e. The van der Waals surface area contributed by atoms with Crippen molar-refractivity contribution in [3.63, 3.8) is 0 Å². The summed E-state index contributed by atoms with van der Waals surface area (Å²) in [5.41, 5.74) is 5.56. The van der Waals surface area contributed by atoms with Crippen LogP contribution >= 0.6 is 0 Å². The van der Waals surface area contributed by atoms with Crippen LogP contribution in [0.25, 0.3) is 0 Å². The summed E-state index contributed by atoms with van der Waals surface area (Å²) in [5, 5.41) is 10.7. The molecule has 6 atom stereocenters. The Morgan fingerprint density at radius 1 is 1.15 bits per heavy atom. The second-order valence-corrected chi connectivity index (χ2v) is 11.1. The molecule has 0 radical (unpaired) electrons. The molecule has 1 fully saturated rings. The van der Waals surface area contributed by atoms with Crippen molar-refractivity contribution in [2.45, 2.75) is 92.1 Å². The van der Waals surface area contributed by atoms with Crippen LogP contribution in [-0.4, -0.2) is 17.5 Å². The molecule has 0 saturated heterocycles. The molecule has 27 heavy (non-hydrogen) atoms. The third-order valence-electron chi connectivity index (χ3n) is 9.58. The fraction of sp³-hybridized carbons (Fsp3) is 0.800. The van der Waals surface area contributed by atoms with Crippen molar-refractivity contribution < 1.29 is 9.90 Å². The Hall–Kier alpha value is -0.890. The van der Waals surface area contributed by atoms with Gasteiger partial charge < -0.3 is 9.90 Å². The van der Waals surface area contributed by atoms with Crippen molar-refractivity contribution in [3.8, 4) is 0 Å². The number of aliphatic hydroxyl groups is 1. The van der Waals surface area contributed by atoms with Gasteiger partial charge in [0.05, 0.1) is 6.10 Å². The van der Waals surface area contributed by atoms with Crippen molar-refractivity contribution in [2.75, 3.05) is 0 Å². The Bertz CT molecular complexity index is 699. The van der Waals surface area contributed by atoms with Crippen molar-refractivity contribution in [3.05, 3.63) is 22.8 Å². The molecule has 2 heteroatoms. The van der Waals surface area contributed by atoms with E-state index in [9.17, 15) is 9.90 Å². The summed E-state index contributed by atoms with van der Waals surface area (Å²) in [5.74, 6) is 1.67. The van der Waals surface area contributed by atoms with Gasteiger partial charge in [0.1, 0.15) is 6.29 Å². The Labute approximate surface area is 165 Å². The average molecular weight is 371 g/mol.